The third-order valence-corrected chi connectivity index (χ3v) is 1.57. The van der Waals surface area contributed by atoms with Gasteiger partial charge in [-0.15, -0.1) is 13.2 Å². The lowest BCUT2D eigenvalue weighted by molar-refractivity contribution is -0.385. The quantitative estimate of drug-likeness (QED) is 0.498. The van der Waals surface area contributed by atoms with E-state index in [9.17, 15) is 13.2 Å². The van der Waals surface area contributed by atoms with Crippen molar-refractivity contribution < 1.29 is 22.6 Å². The average molecular weight is 214 g/mol. The van der Waals surface area contributed by atoms with E-state index in [0.29, 0.717) is 6.61 Å². The lowest BCUT2D eigenvalue weighted by Gasteiger charge is -2.22. The van der Waals surface area contributed by atoms with Gasteiger partial charge in [-0.1, -0.05) is 27.2 Å². The maximum Gasteiger partial charge on any atom is 0.524 e. The molecule has 0 bridgehead atoms. The number of unbranched alkanes of at least 4 members (excludes halogenated alkanes) is 1. The standard InChI is InChI=1S/C9H17F3O2/c1-4-5-6-13-8(7(2)3)14-9(10,11)12/h7-8H,4-6H2,1-3H3. The summed E-state index contributed by atoms with van der Waals surface area (Å²) in [6, 6.07) is 0. The van der Waals surface area contributed by atoms with Crippen LogP contribution in [0.2, 0.25) is 0 Å². The van der Waals surface area contributed by atoms with Crippen molar-refractivity contribution in [3.05, 3.63) is 0 Å². The first-order valence-electron chi connectivity index (χ1n) is 4.73. The van der Waals surface area contributed by atoms with E-state index in [1.54, 1.807) is 13.8 Å². The molecule has 14 heavy (non-hydrogen) atoms. The average Bonchev–Trinajstić information content (AvgIpc) is 2.00. The molecule has 0 saturated carbocycles. The Labute approximate surface area is 82.4 Å². The maximum atomic E-state index is 11.9. The number of ether oxygens (including phenoxy) is 2. The molecule has 0 N–H and O–H groups in total. The molecule has 0 radical (unpaired) electrons. The van der Waals surface area contributed by atoms with Crippen LogP contribution in [0.3, 0.4) is 0 Å². The van der Waals surface area contributed by atoms with E-state index in [2.05, 4.69) is 4.74 Å². The van der Waals surface area contributed by atoms with Gasteiger partial charge in [0, 0.05) is 12.5 Å². The van der Waals surface area contributed by atoms with Crippen molar-refractivity contribution in [2.45, 2.75) is 46.3 Å². The van der Waals surface area contributed by atoms with Gasteiger partial charge in [-0.25, -0.2) is 0 Å². The first-order valence-corrected chi connectivity index (χ1v) is 4.73. The molecule has 0 fully saturated rings. The first-order chi connectivity index (χ1) is 6.37. The Bertz CT molecular complexity index is 145. The zero-order chi connectivity index (χ0) is 11.2. The first kappa shape index (κ1) is 13.7. The zero-order valence-electron chi connectivity index (χ0n) is 8.73. The maximum absolute atomic E-state index is 11.9. The van der Waals surface area contributed by atoms with Gasteiger partial charge < -0.3 is 4.74 Å². The second-order valence-corrected chi connectivity index (χ2v) is 3.40. The molecule has 86 valence electrons. The lowest BCUT2D eigenvalue weighted by atomic mass is 10.2. The van der Waals surface area contributed by atoms with Gasteiger partial charge in [-0.05, 0) is 6.42 Å². The van der Waals surface area contributed by atoms with Crippen molar-refractivity contribution >= 4 is 0 Å². The molecule has 0 aromatic rings. The molecule has 1 atom stereocenters. The number of hydrogen-bond acceptors (Lipinski definition) is 2. The van der Waals surface area contributed by atoms with Crippen LogP contribution in [0, 0.1) is 5.92 Å². The Kier molecular flexibility index (Phi) is 6.11. The van der Waals surface area contributed by atoms with Gasteiger partial charge >= 0.3 is 6.36 Å². The van der Waals surface area contributed by atoms with Crippen LogP contribution in [0.4, 0.5) is 13.2 Å². The minimum Gasteiger partial charge on any atom is -0.352 e. The highest BCUT2D eigenvalue weighted by Crippen LogP contribution is 2.23. The molecule has 0 aromatic heterocycles. The van der Waals surface area contributed by atoms with Crippen LogP contribution in [0.25, 0.3) is 0 Å². The fourth-order valence-corrected chi connectivity index (χ4v) is 0.838. The predicted molar refractivity (Wildman–Crippen MR) is 46.6 cm³/mol. The van der Waals surface area contributed by atoms with Crippen LogP contribution in [-0.2, 0) is 9.47 Å². The summed E-state index contributed by atoms with van der Waals surface area (Å²) in [6.45, 7) is 5.50. The summed E-state index contributed by atoms with van der Waals surface area (Å²) in [6.07, 6.45) is -4.19. The van der Waals surface area contributed by atoms with E-state index < -0.39 is 12.7 Å². The van der Waals surface area contributed by atoms with Gasteiger partial charge in [-0.2, -0.15) is 0 Å². The Morgan fingerprint density at radius 1 is 1.21 bits per heavy atom. The molecule has 5 heteroatoms. The van der Waals surface area contributed by atoms with Gasteiger partial charge in [0.1, 0.15) is 0 Å². The second-order valence-electron chi connectivity index (χ2n) is 3.40. The third-order valence-electron chi connectivity index (χ3n) is 1.57. The molecular formula is C9H17F3O2. The molecule has 0 aliphatic carbocycles. The van der Waals surface area contributed by atoms with E-state index in [0.717, 1.165) is 12.8 Å². The molecule has 0 heterocycles. The van der Waals surface area contributed by atoms with Crippen molar-refractivity contribution in [2.75, 3.05) is 6.61 Å². The Morgan fingerprint density at radius 3 is 2.14 bits per heavy atom. The Hall–Kier alpha value is -0.290. The van der Waals surface area contributed by atoms with Gasteiger partial charge in [0.05, 0.1) is 0 Å². The van der Waals surface area contributed by atoms with Crippen LogP contribution in [-0.4, -0.2) is 19.3 Å². The van der Waals surface area contributed by atoms with Gasteiger partial charge in [0.15, 0.2) is 6.29 Å². The monoisotopic (exact) mass is 214 g/mol. The van der Waals surface area contributed by atoms with E-state index in [1.165, 1.54) is 0 Å². The molecule has 0 aliphatic heterocycles. The molecule has 0 amide bonds. The summed E-state index contributed by atoms with van der Waals surface area (Å²) in [5.41, 5.74) is 0. The molecule has 0 saturated heterocycles. The molecule has 1 unspecified atom stereocenters. The summed E-state index contributed by atoms with van der Waals surface area (Å²) in [7, 11) is 0. The van der Waals surface area contributed by atoms with E-state index in [4.69, 9.17) is 4.74 Å². The molecule has 2 nitrogen and oxygen atoms in total. The van der Waals surface area contributed by atoms with Crippen molar-refractivity contribution in [1.82, 2.24) is 0 Å². The van der Waals surface area contributed by atoms with Crippen molar-refractivity contribution in [1.29, 1.82) is 0 Å². The second kappa shape index (κ2) is 6.24. The normalized spacial score (nSPS) is 14.8. The number of hydrogen-bond donors (Lipinski definition) is 0. The van der Waals surface area contributed by atoms with Crippen LogP contribution in [0.5, 0.6) is 0 Å². The summed E-state index contributed by atoms with van der Waals surface area (Å²) in [4.78, 5) is 0. The molecule has 0 aliphatic rings. The lowest BCUT2D eigenvalue weighted by Crippen LogP contribution is -2.30. The number of halogens is 3. The third kappa shape index (κ3) is 7.15. The van der Waals surface area contributed by atoms with E-state index in [-0.39, 0.29) is 5.92 Å². The minimum absolute atomic E-state index is 0.301. The fourth-order valence-electron chi connectivity index (χ4n) is 0.838. The topological polar surface area (TPSA) is 18.5 Å². The minimum atomic E-state index is -4.62. The number of alkyl halides is 3. The summed E-state index contributed by atoms with van der Waals surface area (Å²) >= 11 is 0. The zero-order valence-corrected chi connectivity index (χ0v) is 8.73. The summed E-state index contributed by atoms with van der Waals surface area (Å²) in [5.74, 6) is -0.312. The van der Waals surface area contributed by atoms with Gasteiger partial charge in [-0.3, -0.25) is 4.74 Å². The molecule has 0 rings (SSSR count). The highest BCUT2D eigenvalue weighted by molar-refractivity contribution is 4.51. The van der Waals surface area contributed by atoms with Gasteiger partial charge in [0.2, 0.25) is 0 Å². The predicted octanol–water partition coefficient (Wildman–Crippen LogP) is 3.32. The number of rotatable bonds is 6. The largest absolute Gasteiger partial charge is 0.524 e. The fraction of sp³-hybridized carbons (Fsp3) is 1.00. The van der Waals surface area contributed by atoms with Crippen LogP contribution in [0.1, 0.15) is 33.6 Å². The summed E-state index contributed by atoms with van der Waals surface area (Å²) in [5, 5.41) is 0. The molecule has 0 aromatic carbocycles. The molecular weight excluding hydrogens is 197 g/mol. The van der Waals surface area contributed by atoms with E-state index in [1.807, 2.05) is 6.92 Å². The van der Waals surface area contributed by atoms with Crippen molar-refractivity contribution in [3.63, 3.8) is 0 Å². The van der Waals surface area contributed by atoms with Crippen LogP contribution < -0.4 is 0 Å². The smallest absolute Gasteiger partial charge is 0.352 e. The highest BCUT2D eigenvalue weighted by atomic mass is 19.4. The van der Waals surface area contributed by atoms with E-state index >= 15 is 0 Å². The Balaban J connectivity index is 3.91. The van der Waals surface area contributed by atoms with Crippen LogP contribution >= 0.6 is 0 Å². The Morgan fingerprint density at radius 2 is 1.79 bits per heavy atom. The van der Waals surface area contributed by atoms with Crippen LogP contribution in [0.15, 0.2) is 0 Å². The SMILES string of the molecule is CCCCOC(OC(F)(F)F)C(C)C. The van der Waals surface area contributed by atoms with Crippen molar-refractivity contribution in [2.24, 2.45) is 5.92 Å². The molecule has 0 spiro atoms. The van der Waals surface area contributed by atoms with Gasteiger partial charge in [0.25, 0.3) is 0 Å². The van der Waals surface area contributed by atoms with Crippen molar-refractivity contribution in [3.8, 4) is 0 Å². The highest BCUT2D eigenvalue weighted by Gasteiger charge is 2.35. The summed E-state index contributed by atoms with van der Waals surface area (Å²) < 4.78 is 44.4.